The van der Waals surface area contributed by atoms with Crippen molar-refractivity contribution in [3.8, 4) is 5.75 Å². The highest BCUT2D eigenvalue weighted by atomic mass is 35.5. The van der Waals surface area contributed by atoms with Crippen LogP contribution in [0.4, 0.5) is 5.00 Å². The van der Waals surface area contributed by atoms with Gasteiger partial charge in [-0.15, -0.1) is 11.3 Å². The zero-order valence-electron chi connectivity index (χ0n) is 17.7. The van der Waals surface area contributed by atoms with E-state index in [1.807, 2.05) is 30.3 Å². The minimum absolute atomic E-state index is 0.136. The topological polar surface area (TPSA) is 67.4 Å². The summed E-state index contributed by atoms with van der Waals surface area (Å²) in [6.07, 6.45) is 4.71. The monoisotopic (exact) mass is 468 g/mol. The van der Waals surface area contributed by atoms with E-state index in [1.165, 1.54) is 21.8 Å². The summed E-state index contributed by atoms with van der Waals surface area (Å²) < 4.78 is 5.55. The smallest absolute Gasteiger partial charge is 0.262 e. The van der Waals surface area contributed by atoms with Gasteiger partial charge in [-0.3, -0.25) is 9.59 Å². The summed E-state index contributed by atoms with van der Waals surface area (Å²) in [5.74, 6) is -0.00169. The van der Waals surface area contributed by atoms with Crippen molar-refractivity contribution in [2.45, 2.75) is 32.1 Å². The predicted molar refractivity (Wildman–Crippen MR) is 129 cm³/mol. The third kappa shape index (κ3) is 5.50. The lowest BCUT2D eigenvalue weighted by molar-refractivity contribution is -0.118. The number of benzene rings is 2. The summed E-state index contributed by atoms with van der Waals surface area (Å²) in [6, 6.07) is 17.1. The van der Waals surface area contributed by atoms with Crippen LogP contribution in [0.2, 0.25) is 5.02 Å². The van der Waals surface area contributed by atoms with E-state index in [4.69, 9.17) is 16.3 Å². The van der Waals surface area contributed by atoms with Crippen molar-refractivity contribution < 1.29 is 14.3 Å². The fourth-order valence-corrected chi connectivity index (χ4v) is 5.31. The molecule has 166 valence electrons. The number of aryl methyl sites for hydroxylation is 1. The van der Waals surface area contributed by atoms with Crippen molar-refractivity contribution in [1.29, 1.82) is 0 Å². The molecule has 5 nitrogen and oxygen atoms in total. The Bertz CT molecular complexity index is 1100. The normalized spacial score (nSPS) is 12.7. The molecule has 1 heterocycles. The van der Waals surface area contributed by atoms with Crippen molar-refractivity contribution in [3.63, 3.8) is 0 Å². The summed E-state index contributed by atoms with van der Waals surface area (Å²) in [5, 5.41) is 6.98. The second kappa shape index (κ2) is 10.7. The lowest BCUT2D eigenvalue weighted by Crippen LogP contribution is -2.28. The number of thiophene rings is 1. The van der Waals surface area contributed by atoms with Crippen LogP contribution in [0, 0.1) is 0 Å². The molecule has 3 aromatic rings. The van der Waals surface area contributed by atoms with Crippen molar-refractivity contribution >= 4 is 39.8 Å². The first-order chi connectivity index (χ1) is 15.6. The molecule has 0 bridgehead atoms. The number of amides is 2. The lowest BCUT2D eigenvalue weighted by atomic mass is 9.95. The van der Waals surface area contributed by atoms with Gasteiger partial charge in [0.05, 0.1) is 10.6 Å². The minimum Gasteiger partial charge on any atom is -0.482 e. The highest BCUT2D eigenvalue weighted by Crippen LogP contribution is 2.38. The summed E-state index contributed by atoms with van der Waals surface area (Å²) in [5.41, 5.74) is 2.84. The molecule has 1 aliphatic rings. The molecule has 0 aliphatic heterocycles. The number of hydrogen-bond donors (Lipinski definition) is 2. The van der Waals surface area contributed by atoms with Gasteiger partial charge in [0.2, 0.25) is 0 Å². The van der Waals surface area contributed by atoms with E-state index in [9.17, 15) is 9.59 Å². The van der Waals surface area contributed by atoms with E-state index in [0.29, 0.717) is 27.9 Å². The molecule has 0 spiro atoms. The molecule has 7 heteroatoms. The van der Waals surface area contributed by atoms with Gasteiger partial charge < -0.3 is 15.4 Å². The third-order valence-corrected chi connectivity index (χ3v) is 6.91. The van der Waals surface area contributed by atoms with Crippen LogP contribution in [0.15, 0.2) is 54.6 Å². The Kier molecular flexibility index (Phi) is 7.45. The Morgan fingerprint density at radius 3 is 2.56 bits per heavy atom. The van der Waals surface area contributed by atoms with Crippen LogP contribution in [0.25, 0.3) is 0 Å². The van der Waals surface area contributed by atoms with Crippen LogP contribution in [-0.4, -0.2) is 25.0 Å². The first kappa shape index (κ1) is 22.4. The highest BCUT2D eigenvalue weighted by molar-refractivity contribution is 7.17. The maximum atomic E-state index is 13.1. The minimum atomic E-state index is -0.318. The first-order valence-corrected chi connectivity index (χ1v) is 11.9. The first-order valence-electron chi connectivity index (χ1n) is 10.8. The maximum absolute atomic E-state index is 13.1. The van der Waals surface area contributed by atoms with Crippen LogP contribution in [0.3, 0.4) is 0 Å². The summed E-state index contributed by atoms with van der Waals surface area (Å²) >= 11 is 7.59. The number of rotatable bonds is 8. The van der Waals surface area contributed by atoms with Crippen molar-refractivity contribution in [1.82, 2.24) is 5.32 Å². The van der Waals surface area contributed by atoms with Gasteiger partial charge in [-0.05, 0) is 55.4 Å². The molecule has 0 fully saturated rings. The quantitative estimate of drug-likeness (QED) is 0.473. The van der Waals surface area contributed by atoms with Crippen LogP contribution >= 0.6 is 22.9 Å². The van der Waals surface area contributed by atoms with Crippen molar-refractivity contribution in [2.24, 2.45) is 0 Å². The predicted octanol–water partition coefficient (Wildman–Crippen LogP) is 5.27. The highest BCUT2D eigenvalue weighted by Gasteiger charge is 2.26. The molecule has 0 radical (unpaired) electrons. The molecule has 0 atom stereocenters. The van der Waals surface area contributed by atoms with E-state index in [1.54, 1.807) is 24.3 Å². The van der Waals surface area contributed by atoms with E-state index in [2.05, 4.69) is 10.6 Å². The van der Waals surface area contributed by atoms with Crippen LogP contribution in [-0.2, 0) is 24.1 Å². The number of hydrogen-bond acceptors (Lipinski definition) is 4. The number of halogens is 1. The number of anilines is 1. The van der Waals surface area contributed by atoms with Gasteiger partial charge in [-0.25, -0.2) is 0 Å². The fraction of sp³-hybridized carbons (Fsp3) is 0.280. The zero-order chi connectivity index (χ0) is 22.3. The Balaban J connectivity index is 1.43. The zero-order valence-corrected chi connectivity index (χ0v) is 19.2. The second-order valence-electron chi connectivity index (χ2n) is 7.67. The summed E-state index contributed by atoms with van der Waals surface area (Å²) in [7, 11) is 0. The molecule has 2 amide bonds. The average Bonchev–Trinajstić information content (AvgIpc) is 3.17. The van der Waals surface area contributed by atoms with Gasteiger partial charge in [-0.2, -0.15) is 0 Å². The van der Waals surface area contributed by atoms with Gasteiger partial charge in [0, 0.05) is 11.4 Å². The second-order valence-corrected chi connectivity index (χ2v) is 9.19. The molecule has 0 saturated heterocycles. The number of carbonyl (C=O) groups excluding carboxylic acids is 2. The van der Waals surface area contributed by atoms with Gasteiger partial charge in [0.1, 0.15) is 10.8 Å². The Hall–Kier alpha value is -2.83. The van der Waals surface area contributed by atoms with E-state index < -0.39 is 0 Å². The number of para-hydroxylation sites is 1. The van der Waals surface area contributed by atoms with Crippen LogP contribution in [0.5, 0.6) is 5.75 Å². The molecule has 32 heavy (non-hydrogen) atoms. The lowest BCUT2D eigenvalue weighted by Gasteiger charge is -2.13. The number of ether oxygens (including phenoxy) is 1. The molecule has 2 N–H and O–H groups in total. The summed E-state index contributed by atoms with van der Waals surface area (Å²) in [4.78, 5) is 26.9. The molecular weight excluding hydrogens is 444 g/mol. The van der Waals surface area contributed by atoms with E-state index in [-0.39, 0.29) is 18.4 Å². The fourth-order valence-electron chi connectivity index (χ4n) is 3.82. The van der Waals surface area contributed by atoms with Crippen molar-refractivity contribution in [3.05, 3.63) is 81.2 Å². The van der Waals surface area contributed by atoms with Gasteiger partial charge in [-0.1, -0.05) is 54.1 Å². The van der Waals surface area contributed by atoms with Gasteiger partial charge >= 0.3 is 0 Å². The SMILES string of the molecule is O=C(COc1ccccc1Cl)Nc1sc2c(c1C(=O)NCCc1ccccc1)CCCC2. The molecular formula is C25H25ClN2O3S. The van der Waals surface area contributed by atoms with E-state index >= 15 is 0 Å². The van der Waals surface area contributed by atoms with Crippen LogP contribution < -0.4 is 15.4 Å². The molecule has 1 aromatic heterocycles. The molecule has 1 aliphatic carbocycles. The maximum Gasteiger partial charge on any atom is 0.262 e. The largest absolute Gasteiger partial charge is 0.482 e. The number of nitrogens with one attached hydrogen (secondary N) is 2. The number of fused-ring (bicyclic) bond motifs is 1. The molecule has 4 rings (SSSR count). The third-order valence-electron chi connectivity index (χ3n) is 5.39. The van der Waals surface area contributed by atoms with E-state index in [0.717, 1.165) is 37.7 Å². The Labute approximate surface area is 196 Å². The molecule has 0 unspecified atom stereocenters. The number of carbonyl (C=O) groups is 2. The standard InChI is InChI=1S/C25H25ClN2O3S/c26-19-11-5-6-12-20(19)31-16-22(29)28-25-23(18-10-4-7-13-21(18)32-25)24(30)27-15-14-17-8-2-1-3-9-17/h1-3,5-6,8-9,11-12H,4,7,10,13-16H2,(H,27,30)(H,28,29). The van der Waals surface area contributed by atoms with Crippen molar-refractivity contribution in [2.75, 3.05) is 18.5 Å². The molecule has 2 aromatic carbocycles. The molecule has 0 saturated carbocycles. The Morgan fingerprint density at radius 2 is 1.75 bits per heavy atom. The summed E-state index contributed by atoms with van der Waals surface area (Å²) in [6.45, 7) is 0.359. The van der Waals surface area contributed by atoms with Crippen LogP contribution in [0.1, 0.15) is 39.2 Å². The van der Waals surface area contributed by atoms with Gasteiger partial charge in [0.15, 0.2) is 6.61 Å². The van der Waals surface area contributed by atoms with Gasteiger partial charge in [0.25, 0.3) is 11.8 Å². The average molecular weight is 469 g/mol. The Morgan fingerprint density at radius 1 is 1.00 bits per heavy atom.